The molecule has 0 saturated carbocycles. The lowest BCUT2D eigenvalue weighted by atomic mass is 10.1. The van der Waals surface area contributed by atoms with E-state index >= 15 is 0 Å². The molecule has 26 heavy (non-hydrogen) atoms. The molecule has 0 aliphatic heterocycles. The van der Waals surface area contributed by atoms with Crippen molar-refractivity contribution in [1.29, 1.82) is 0 Å². The highest BCUT2D eigenvalue weighted by Crippen LogP contribution is 2.13. The monoisotopic (exact) mass is 352 g/mol. The molecule has 0 aliphatic rings. The van der Waals surface area contributed by atoms with Gasteiger partial charge in [-0.2, -0.15) is 0 Å². The molecular formula is C21H24N2O3. The van der Waals surface area contributed by atoms with Gasteiger partial charge in [0.15, 0.2) is 0 Å². The number of aliphatic hydroxyl groups excluding tert-OH is 1. The SMILES string of the molecule is Cc1ccc2[nH]c(=O)c(CNC[C@@H](O)COCc3ccccc3)cc2c1. The lowest BCUT2D eigenvalue weighted by Gasteiger charge is -2.12. The zero-order valence-electron chi connectivity index (χ0n) is 14.9. The fourth-order valence-electron chi connectivity index (χ4n) is 2.82. The Morgan fingerprint density at radius 3 is 2.77 bits per heavy atom. The van der Waals surface area contributed by atoms with E-state index in [1.54, 1.807) is 0 Å². The first-order chi connectivity index (χ1) is 12.6. The summed E-state index contributed by atoms with van der Waals surface area (Å²) in [5.41, 5.74) is 3.60. The molecule has 0 fully saturated rings. The average molecular weight is 352 g/mol. The van der Waals surface area contributed by atoms with E-state index in [9.17, 15) is 9.90 Å². The predicted octanol–water partition coefficient (Wildman–Crippen LogP) is 2.50. The number of pyridine rings is 1. The Hall–Kier alpha value is -2.47. The number of hydrogen-bond acceptors (Lipinski definition) is 4. The normalized spacial score (nSPS) is 12.4. The van der Waals surface area contributed by atoms with Crippen LogP contribution in [0, 0.1) is 6.92 Å². The molecule has 5 nitrogen and oxygen atoms in total. The standard InChI is InChI=1S/C21H24N2O3/c1-15-7-8-20-17(9-15)10-18(21(25)23-20)11-22-12-19(24)14-26-13-16-5-3-2-4-6-16/h2-10,19,22,24H,11-14H2,1H3,(H,23,25)/t19-/m1/s1. The Morgan fingerprint density at radius 1 is 1.15 bits per heavy atom. The Balaban J connectivity index is 1.47. The van der Waals surface area contributed by atoms with Gasteiger partial charge in [0, 0.05) is 24.2 Å². The maximum Gasteiger partial charge on any atom is 0.252 e. The van der Waals surface area contributed by atoms with E-state index in [4.69, 9.17) is 4.74 Å². The molecule has 1 heterocycles. The van der Waals surface area contributed by atoms with Crippen molar-refractivity contribution in [2.45, 2.75) is 26.2 Å². The molecule has 0 radical (unpaired) electrons. The molecule has 0 spiro atoms. The predicted molar refractivity (Wildman–Crippen MR) is 103 cm³/mol. The minimum Gasteiger partial charge on any atom is -0.389 e. The van der Waals surface area contributed by atoms with Crippen LogP contribution in [0.4, 0.5) is 0 Å². The van der Waals surface area contributed by atoms with Gasteiger partial charge in [-0.15, -0.1) is 0 Å². The Labute approximate surface area is 152 Å². The van der Waals surface area contributed by atoms with Crippen molar-refractivity contribution in [3.05, 3.63) is 81.6 Å². The first-order valence-corrected chi connectivity index (χ1v) is 8.75. The maximum absolute atomic E-state index is 12.1. The second kappa shape index (κ2) is 8.76. The van der Waals surface area contributed by atoms with Gasteiger partial charge in [-0.1, -0.05) is 42.0 Å². The summed E-state index contributed by atoms with van der Waals surface area (Å²) in [6, 6.07) is 17.7. The number of aromatic amines is 1. The zero-order valence-corrected chi connectivity index (χ0v) is 14.9. The molecule has 136 valence electrons. The van der Waals surface area contributed by atoms with Gasteiger partial charge in [0.05, 0.1) is 19.3 Å². The van der Waals surface area contributed by atoms with Gasteiger partial charge in [0.1, 0.15) is 0 Å². The quantitative estimate of drug-likeness (QED) is 0.582. The highest BCUT2D eigenvalue weighted by molar-refractivity contribution is 5.79. The Kier molecular flexibility index (Phi) is 6.17. The number of aliphatic hydroxyl groups is 1. The van der Waals surface area contributed by atoms with Crippen molar-refractivity contribution in [3.63, 3.8) is 0 Å². The fraction of sp³-hybridized carbons (Fsp3) is 0.286. The number of fused-ring (bicyclic) bond motifs is 1. The van der Waals surface area contributed by atoms with Crippen molar-refractivity contribution < 1.29 is 9.84 Å². The second-order valence-electron chi connectivity index (χ2n) is 6.50. The number of ether oxygens (including phenoxy) is 1. The van der Waals surface area contributed by atoms with Crippen molar-refractivity contribution in [1.82, 2.24) is 10.3 Å². The van der Waals surface area contributed by atoms with Gasteiger partial charge in [-0.05, 0) is 36.1 Å². The molecule has 0 bridgehead atoms. The third-order valence-corrected chi connectivity index (χ3v) is 4.19. The summed E-state index contributed by atoms with van der Waals surface area (Å²) >= 11 is 0. The van der Waals surface area contributed by atoms with Crippen molar-refractivity contribution in [2.75, 3.05) is 13.2 Å². The minimum atomic E-state index is -0.625. The Bertz CT molecular complexity index is 906. The first kappa shape index (κ1) is 18.3. The molecule has 0 amide bonds. The highest BCUT2D eigenvalue weighted by Gasteiger charge is 2.07. The van der Waals surface area contributed by atoms with Crippen LogP contribution in [-0.4, -0.2) is 29.3 Å². The van der Waals surface area contributed by atoms with Gasteiger partial charge in [-0.3, -0.25) is 4.79 Å². The van der Waals surface area contributed by atoms with E-state index in [0.29, 0.717) is 25.3 Å². The van der Waals surface area contributed by atoms with Crippen molar-refractivity contribution >= 4 is 10.9 Å². The van der Waals surface area contributed by atoms with E-state index in [0.717, 1.165) is 22.0 Å². The molecule has 0 aliphatic carbocycles. The Morgan fingerprint density at radius 2 is 1.96 bits per heavy atom. The largest absolute Gasteiger partial charge is 0.389 e. The van der Waals surface area contributed by atoms with Gasteiger partial charge in [0.25, 0.3) is 5.56 Å². The van der Waals surface area contributed by atoms with E-state index in [2.05, 4.69) is 10.3 Å². The molecule has 2 aromatic carbocycles. The van der Waals surface area contributed by atoms with Crippen LogP contribution < -0.4 is 10.9 Å². The van der Waals surface area contributed by atoms with Crippen LogP contribution in [0.25, 0.3) is 10.9 Å². The number of aromatic nitrogens is 1. The third-order valence-electron chi connectivity index (χ3n) is 4.19. The number of rotatable bonds is 8. The smallest absolute Gasteiger partial charge is 0.252 e. The van der Waals surface area contributed by atoms with Gasteiger partial charge >= 0.3 is 0 Å². The number of aryl methyl sites for hydroxylation is 1. The number of H-pyrrole nitrogens is 1. The van der Waals surface area contributed by atoms with Gasteiger partial charge in [-0.25, -0.2) is 0 Å². The number of nitrogens with one attached hydrogen (secondary N) is 2. The summed E-state index contributed by atoms with van der Waals surface area (Å²) in [6.07, 6.45) is -0.625. The molecular weight excluding hydrogens is 328 g/mol. The van der Waals surface area contributed by atoms with E-state index in [1.165, 1.54) is 0 Å². The van der Waals surface area contributed by atoms with Crippen LogP contribution >= 0.6 is 0 Å². The highest BCUT2D eigenvalue weighted by atomic mass is 16.5. The topological polar surface area (TPSA) is 74.4 Å². The number of hydrogen-bond donors (Lipinski definition) is 3. The lowest BCUT2D eigenvalue weighted by Crippen LogP contribution is -2.31. The van der Waals surface area contributed by atoms with Gasteiger partial charge in [0.2, 0.25) is 0 Å². The summed E-state index contributed by atoms with van der Waals surface area (Å²) in [7, 11) is 0. The van der Waals surface area contributed by atoms with E-state index in [-0.39, 0.29) is 12.2 Å². The molecule has 5 heteroatoms. The molecule has 3 rings (SSSR count). The molecule has 0 saturated heterocycles. The third kappa shape index (κ3) is 5.02. The van der Waals surface area contributed by atoms with Crippen LogP contribution in [0.1, 0.15) is 16.7 Å². The first-order valence-electron chi connectivity index (χ1n) is 8.75. The molecule has 0 unspecified atom stereocenters. The lowest BCUT2D eigenvalue weighted by molar-refractivity contribution is 0.0287. The minimum absolute atomic E-state index is 0.108. The van der Waals surface area contributed by atoms with Crippen LogP contribution in [0.3, 0.4) is 0 Å². The molecule has 1 atom stereocenters. The maximum atomic E-state index is 12.1. The summed E-state index contributed by atoms with van der Waals surface area (Å²) in [5.74, 6) is 0. The van der Waals surface area contributed by atoms with Crippen LogP contribution in [0.5, 0.6) is 0 Å². The van der Waals surface area contributed by atoms with E-state index < -0.39 is 6.10 Å². The molecule has 3 aromatic rings. The molecule has 3 N–H and O–H groups in total. The summed E-state index contributed by atoms with van der Waals surface area (Å²) in [4.78, 5) is 15.0. The van der Waals surface area contributed by atoms with E-state index in [1.807, 2.05) is 61.5 Å². The summed E-state index contributed by atoms with van der Waals surface area (Å²) in [6.45, 7) is 3.50. The van der Waals surface area contributed by atoms with Crippen molar-refractivity contribution in [3.8, 4) is 0 Å². The van der Waals surface area contributed by atoms with Crippen LogP contribution in [-0.2, 0) is 17.9 Å². The second-order valence-corrected chi connectivity index (χ2v) is 6.50. The van der Waals surface area contributed by atoms with Crippen LogP contribution in [0.2, 0.25) is 0 Å². The van der Waals surface area contributed by atoms with Gasteiger partial charge < -0.3 is 20.1 Å². The molecule has 1 aromatic heterocycles. The average Bonchev–Trinajstić information content (AvgIpc) is 2.63. The number of benzene rings is 2. The zero-order chi connectivity index (χ0) is 18.4. The van der Waals surface area contributed by atoms with Crippen LogP contribution in [0.15, 0.2) is 59.4 Å². The summed E-state index contributed by atoms with van der Waals surface area (Å²) in [5, 5.41) is 14.1. The van der Waals surface area contributed by atoms with Crippen molar-refractivity contribution in [2.24, 2.45) is 0 Å². The summed E-state index contributed by atoms with van der Waals surface area (Å²) < 4.78 is 5.52. The fourth-order valence-corrected chi connectivity index (χ4v) is 2.82.